The van der Waals surface area contributed by atoms with Crippen molar-refractivity contribution in [2.24, 2.45) is 5.92 Å². The van der Waals surface area contributed by atoms with E-state index in [1.165, 1.54) is 18.7 Å². The number of Topliss-reactive ketones (excluding diaryl/α,β-unsaturated/α-hetero) is 1. The molecule has 0 spiro atoms. The van der Waals surface area contributed by atoms with Crippen molar-refractivity contribution in [1.29, 1.82) is 0 Å². The van der Waals surface area contributed by atoms with Crippen molar-refractivity contribution in [3.05, 3.63) is 41.6 Å². The number of hydrogen-bond donors (Lipinski definition) is 3. The summed E-state index contributed by atoms with van der Waals surface area (Å²) in [6.07, 6.45) is 1.65. The van der Waals surface area contributed by atoms with Gasteiger partial charge in [0.15, 0.2) is 11.0 Å². The van der Waals surface area contributed by atoms with Gasteiger partial charge in [-0.2, -0.15) is 5.10 Å². The first-order valence-corrected chi connectivity index (χ1v) is 12.1. The first-order chi connectivity index (χ1) is 16.3. The van der Waals surface area contributed by atoms with Crippen molar-refractivity contribution >= 4 is 46.6 Å². The Hall–Kier alpha value is -3.40. The molecular weight excluding hydrogens is 450 g/mol. The van der Waals surface area contributed by atoms with Gasteiger partial charge in [-0.15, -0.1) is 0 Å². The highest BCUT2D eigenvalue weighted by Gasteiger charge is 2.25. The Morgan fingerprint density at radius 2 is 1.79 bits per heavy atom. The lowest BCUT2D eigenvalue weighted by molar-refractivity contribution is -0.121. The fourth-order valence-corrected chi connectivity index (χ4v) is 4.73. The van der Waals surface area contributed by atoms with Crippen LogP contribution in [0.3, 0.4) is 0 Å². The molecule has 34 heavy (non-hydrogen) atoms. The summed E-state index contributed by atoms with van der Waals surface area (Å²) in [6.45, 7) is 8.67. The predicted molar refractivity (Wildman–Crippen MR) is 134 cm³/mol. The molecule has 0 atom stereocenters. The lowest BCUT2D eigenvalue weighted by Crippen LogP contribution is -2.37. The fraction of sp³-hybridized carbons (Fsp3) is 0.375. The van der Waals surface area contributed by atoms with E-state index in [9.17, 15) is 9.59 Å². The van der Waals surface area contributed by atoms with Gasteiger partial charge in [-0.25, -0.2) is 9.97 Å². The lowest BCUT2D eigenvalue weighted by Gasteiger charge is -2.33. The number of rotatable bonds is 7. The van der Waals surface area contributed by atoms with Gasteiger partial charge in [0.05, 0.1) is 0 Å². The number of aromatic amines is 1. The molecule has 4 rings (SSSR count). The average Bonchev–Trinajstić information content (AvgIpc) is 3.21. The van der Waals surface area contributed by atoms with Crippen LogP contribution < -0.4 is 15.5 Å². The molecular formula is C24H29N7O2S. The summed E-state index contributed by atoms with van der Waals surface area (Å²) in [4.78, 5) is 36.0. The number of hydrogen-bond acceptors (Lipinski definition) is 8. The number of amides is 1. The van der Waals surface area contributed by atoms with Gasteiger partial charge in [0.1, 0.15) is 17.4 Å². The maximum Gasteiger partial charge on any atom is 0.221 e. The first-order valence-electron chi connectivity index (χ1n) is 11.3. The van der Waals surface area contributed by atoms with Crippen molar-refractivity contribution in [2.45, 2.75) is 50.6 Å². The Bertz CT molecular complexity index is 1180. The minimum atomic E-state index is -0.107. The maximum atomic E-state index is 11.8. The molecule has 1 aromatic carbocycles. The van der Waals surface area contributed by atoms with E-state index in [0.717, 1.165) is 53.6 Å². The molecule has 0 unspecified atom stereocenters. The molecule has 9 nitrogen and oxygen atoms in total. The molecule has 2 aromatic heterocycles. The van der Waals surface area contributed by atoms with Crippen LogP contribution >= 0.6 is 11.8 Å². The second-order valence-corrected chi connectivity index (χ2v) is 9.58. The van der Waals surface area contributed by atoms with Gasteiger partial charge in [-0.3, -0.25) is 14.7 Å². The number of nitrogens with one attached hydrogen (secondary N) is 3. The normalized spacial score (nSPS) is 14.2. The Labute approximate surface area is 203 Å². The Morgan fingerprint density at radius 3 is 2.38 bits per heavy atom. The second kappa shape index (κ2) is 10.3. The van der Waals surface area contributed by atoms with Gasteiger partial charge in [0.2, 0.25) is 5.91 Å². The number of H-pyrrole nitrogens is 1. The second-order valence-electron chi connectivity index (χ2n) is 8.54. The number of aromatic nitrogens is 4. The molecule has 10 heteroatoms. The summed E-state index contributed by atoms with van der Waals surface area (Å²) in [7, 11) is 0. The van der Waals surface area contributed by atoms with E-state index in [2.05, 4.69) is 25.7 Å². The van der Waals surface area contributed by atoms with E-state index < -0.39 is 0 Å². The van der Waals surface area contributed by atoms with Crippen molar-refractivity contribution in [3.8, 4) is 0 Å². The van der Waals surface area contributed by atoms with Crippen LogP contribution in [0, 0.1) is 19.8 Å². The summed E-state index contributed by atoms with van der Waals surface area (Å²) in [5.41, 5.74) is 2.63. The molecule has 1 saturated heterocycles. The third-order valence-corrected chi connectivity index (χ3v) is 6.68. The van der Waals surface area contributed by atoms with E-state index in [-0.39, 0.29) is 17.6 Å². The summed E-state index contributed by atoms with van der Waals surface area (Å²) in [6, 6.07) is 9.50. The molecule has 1 amide bonds. The number of carbonyl (C=O) groups excluding carboxylic acids is 2. The summed E-state index contributed by atoms with van der Waals surface area (Å²) < 4.78 is 0. The molecule has 0 saturated carbocycles. The summed E-state index contributed by atoms with van der Waals surface area (Å²) >= 11 is 1.45. The highest BCUT2D eigenvalue weighted by atomic mass is 32.2. The molecule has 3 N–H and O–H groups in total. The molecule has 1 fully saturated rings. The lowest BCUT2D eigenvalue weighted by atomic mass is 9.93. The molecule has 178 valence electrons. The van der Waals surface area contributed by atoms with E-state index in [0.29, 0.717) is 16.8 Å². The number of aryl methyl sites for hydroxylation is 1. The largest absolute Gasteiger partial charge is 0.356 e. The zero-order valence-corrected chi connectivity index (χ0v) is 20.6. The molecule has 0 bridgehead atoms. The molecule has 1 aliphatic heterocycles. The van der Waals surface area contributed by atoms with E-state index in [1.54, 1.807) is 6.92 Å². The van der Waals surface area contributed by atoms with E-state index in [1.807, 2.05) is 44.2 Å². The number of nitrogens with zero attached hydrogens (tertiary/aromatic N) is 4. The van der Waals surface area contributed by atoms with Crippen molar-refractivity contribution in [3.63, 3.8) is 0 Å². The smallest absolute Gasteiger partial charge is 0.221 e. The number of carbonyl (C=O) groups is 2. The highest BCUT2D eigenvalue weighted by Crippen LogP contribution is 2.34. The number of piperidine rings is 1. The SMILES string of the molecule is CC(=O)Nc1ccc(Sc2nc(Nc3cc(C)[nH]n3)c(C)c(N3CCC(C(C)=O)CC3)n2)cc1. The highest BCUT2D eigenvalue weighted by molar-refractivity contribution is 7.99. The summed E-state index contributed by atoms with van der Waals surface area (Å²) in [5, 5.41) is 13.9. The third-order valence-electron chi connectivity index (χ3n) is 5.81. The first kappa shape index (κ1) is 23.7. The van der Waals surface area contributed by atoms with Gasteiger partial charge >= 0.3 is 0 Å². The quantitative estimate of drug-likeness (QED) is 0.425. The van der Waals surface area contributed by atoms with Crippen LogP contribution in [0.5, 0.6) is 0 Å². The van der Waals surface area contributed by atoms with Gasteiger partial charge in [-0.1, -0.05) is 0 Å². The van der Waals surface area contributed by atoms with Crippen LogP contribution in [0.4, 0.5) is 23.1 Å². The van der Waals surface area contributed by atoms with Gasteiger partial charge in [0, 0.05) is 53.8 Å². The summed E-state index contributed by atoms with van der Waals surface area (Å²) in [5.74, 6) is 2.53. The standard InChI is InChI=1S/C24H29N7O2S/c1-14-13-21(30-29-14)26-22-15(2)23(31-11-9-18(10-12-31)16(3)32)28-24(27-22)34-20-7-5-19(6-8-20)25-17(4)33/h5-8,13,18H,9-12H2,1-4H3,(H,25,33)(H2,26,27,28,29,30). The van der Waals surface area contributed by atoms with Crippen molar-refractivity contribution in [2.75, 3.05) is 28.6 Å². The Kier molecular flexibility index (Phi) is 7.16. The molecule has 1 aliphatic rings. The van der Waals surface area contributed by atoms with Crippen LogP contribution in [0.1, 0.15) is 37.9 Å². The van der Waals surface area contributed by atoms with Crippen molar-refractivity contribution < 1.29 is 9.59 Å². The van der Waals surface area contributed by atoms with Crippen LogP contribution in [-0.4, -0.2) is 44.9 Å². The number of benzene rings is 1. The van der Waals surface area contributed by atoms with Crippen LogP contribution in [0.25, 0.3) is 0 Å². The topological polar surface area (TPSA) is 116 Å². The fourth-order valence-electron chi connectivity index (χ4n) is 3.98. The Morgan fingerprint density at radius 1 is 1.09 bits per heavy atom. The van der Waals surface area contributed by atoms with E-state index in [4.69, 9.17) is 9.97 Å². The molecule has 0 radical (unpaired) electrons. The van der Waals surface area contributed by atoms with Gasteiger partial charge < -0.3 is 15.5 Å². The predicted octanol–water partition coefficient (Wildman–Crippen LogP) is 4.48. The Balaban J connectivity index is 1.62. The molecule has 3 aromatic rings. The monoisotopic (exact) mass is 479 g/mol. The number of anilines is 4. The van der Waals surface area contributed by atoms with E-state index >= 15 is 0 Å². The minimum absolute atomic E-state index is 0.107. The molecule has 3 heterocycles. The van der Waals surface area contributed by atoms with Crippen LogP contribution in [0.2, 0.25) is 0 Å². The zero-order valence-electron chi connectivity index (χ0n) is 19.8. The zero-order chi connectivity index (χ0) is 24.2. The van der Waals surface area contributed by atoms with Crippen LogP contribution in [0.15, 0.2) is 40.4 Å². The third kappa shape index (κ3) is 5.74. The van der Waals surface area contributed by atoms with Gasteiger partial charge in [0.25, 0.3) is 0 Å². The average molecular weight is 480 g/mol. The van der Waals surface area contributed by atoms with Crippen molar-refractivity contribution in [1.82, 2.24) is 20.2 Å². The number of ketones is 1. The van der Waals surface area contributed by atoms with Gasteiger partial charge in [-0.05, 0) is 69.6 Å². The maximum absolute atomic E-state index is 11.8. The minimum Gasteiger partial charge on any atom is -0.356 e. The molecule has 0 aliphatic carbocycles. The van der Waals surface area contributed by atoms with Crippen LogP contribution in [-0.2, 0) is 9.59 Å².